The van der Waals surface area contributed by atoms with Crippen molar-refractivity contribution in [3.05, 3.63) is 42.6 Å². The molecule has 1 unspecified atom stereocenters. The van der Waals surface area contributed by atoms with Gasteiger partial charge in [0.05, 0.1) is 11.9 Å². The molecule has 0 aromatic carbocycles. The van der Waals surface area contributed by atoms with Crippen molar-refractivity contribution >= 4 is 11.7 Å². The quantitative estimate of drug-likeness (QED) is 0.936. The number of nitrogens with one attached hydrogen (secondary N) is 1. The summed E-state index contributed by atoms with van der Waals surface area (Å²) < 4.78 is 2.09. The summed E-state index contributed by atoms with van der Waals surface area (Å²) in [5, 5.41) is 2.96. The van der Waals surface area contributed by atoms with Crippen LogP contribution in [0.15, 0.2) is 37.1 Å². The number of carbonyl (C=O) groups is 1. The summed E-state index contributed by atoms with van der Waals surface area (Å²) in [6.07, 6.45) is 9.45. The lowest BCUT2D eigenvalue weighted by atomic mass is 9.97. The lowest BCUT2D eigenvalue weighted by Gasteiger charge is -2.33. The molecular formula is C16H21N5O. The number of carbonyl (C=O) groups excluding carboxylic acids is 1. The third-order valence-corrected chi connectivity index (χ3v) is 4.10. The number of aromatic nitrogens is 3. The van der Waals surface area contributed by atoms with E-state index in [1.165, 1.54) is 0 Å². The summed E-state index contributed by atoms with van der Waals surface area (Å²) in [5.74, 6) is 1.33. The van der Waals surface area contributed by atoms with E-state index in [-0.39, 0.29) is 5.91 Å². The first-order chi connectivity index (χ1) is 10.8. The number of imidazole rings is 1. The van der Waals surface area contributed by atoms with Crippen LogP contribution in [0, 0.1) is 5.92 Å². The highest BCUT2D eigenvalue weighted by Crippen LogP contribution is 2.20. The Kier molecular flexibility index (Phi) is 4.37. The summed E-state index contributed by atoms with van der Waals surface area (Å²) >= 11 is 0. The molecule has 22 heavy (non-hydrogen) atoms. The number of nitrogens with zero attached hydrogens (tertiary/aromatic N) is 4. The molecule has 3 rings (SSSR count). The maximum atomic E-state index is 12.6. The predicted octanol–water partition coefficient (Wildman–Crippen LogP) is 1.87. The highest BCUT2D eigenvalue weighted by atomic mass is 16.2. The van der Waals surface area contributed by atoms with Crippen LogP contribution in [0.4, 0.5) is 5.82 Å². The first-order valence-corrected chi connectivity index (χ1v) is 7.65. The second-order valence-corrected chi connectivity index (χ2v) is 5.70. The highest BCUT2D eigenvalue weighted by molar-refractivity contribution is 5.94. The van der Waals surface area contributed by atoms with E-state index in [1.54, 1.807) is 12.4 Å². The van der Waals surface area contributed by atoms with Crippen molar-refractivity contribution < 1.29 is 4.79 Å². The molecule has 116 valence electrons. The summed E-state index contributed by atoms with van der Waals surface area (Å²) in [5.41, 5.74) is 0.655. The van der Waals surface area contributed by atoms with Crippen molar-refractivity contribution in [1.82, 2.24) is 19.4 Å². The predicted molar refractivity (Wildman–Crippen MR) is 84.6 cm³/mol. The van der Waals surface area contributed by atoms with Crippen LogP contribution in [-0.4, -0.2) is 45.5 Å². The van der Waals surface area contributed by atoms with E-state index < -0.39 is 0 Å². The van der Waals surface area contributed by atoms with Crippen LogP contribution in [0.25, 0.3) is 0 Å². The van der Waals surface area contributed by atoms with Gasteiger partial charge in [0, 0.05) is 45.3 Å². The Morgan fingerprint density at radius 1 is 1.45 bits per heavy atom. The molecule has 1 amide bonds. The van der Waals surface area contributed by atoms with E-state index in [0.717, 1.165) is 38.3 Å². The molecule has 1 atom stereocenters. The van der Waals surface area contributed by atoms with Crippen molar-refractivity contribution in [3.63, 3.8) is 0 Å². The topological polar surface area (TPSA) is 63.1 Å². The van der Waals surface area contributed by atoms with Gasteiger partial charge in [-0.05, 0) is 30.9 Å². The fraction of sp³-hybridized carbons (Fsp3) is 0.438. The zero-order valence-corrected chi connectivity index (χ0v) is 12.8. The third kappa shape index (κ3) is 3.27. The van der Waals surface area contributed by atoms with Crippen molar-refractivity contribution in [3.8, 4) is 0 Å². The Hall–Kier alpha value is -2.37. The first-order valence-electron chi connectivity index (χ1n) is 7.65. The molecule has 1 aliphatic rings. The van der Waals surface area contributed by atoms with E-state index in [2.05, 4.69) is 19.9 Å². The van der Waals surface area contributed by atoms with Gasteiger partial charge in [-0.1, -0.05) is 0 Å². The van der Waals surface area contributed by atoms with Gasteiger partial charge in [0.15, 0.2) is 0 Å². The number of likely N-dealkylation sites (tertiary alicyclic amines) is 1. The van der Waals surface area contributed by atoms with E-state index in [1.807, 2.05) is 36.6 Å². The maximum Gasteiger partial charge on any atom is 0.255 e. The second-order valence-electron chi connectivity index (χ2n) is 5.70. The summed E-state index contributed by atoms with van der Waals surface area (Å²) in [6.45, 7) is 2.54. The van der Waals surface area contributed by atoms with Crippen LogP contribution in [0.5, 0.6) is 0 Å². The van der Waals surface area contributed by atoms with Crippen LogP contribution >= 0.6 is 0 Å². The minimum absolute atomic E-state index is 0.0745. The van der Waals surface area contributed by atoms with Crippen molar-refractivity contribution in [2.45, 2.75) is 19.4 Å². The van der Waals surface area contributed by atoms with Gasteiger partial charge >= 0.3 is 0 Å². The van der Waals surface area contributed by atoms with Gasteiger partial charge in [-0.25, -0.2) is 9.97 Å². The van der Waals surface area contributed by atoms with Crippen LogP contribution in [0.3, 0.4) is 0 Å². The average Bonchev–Trinajstić information content (AvgIpc) is 3.07. The molecule has 2 aromatic rings. The summed E-state index contributed by atoms with van der Waals surface area (Å²) in [7, 11) is 1.81. The third-order valence-electron chi connectivity index (χ3n) is 4.10. The zero-order chi connectivity index (χ0) is 15.4. The maximum absolute atomic E-state index is 12.6. The minimum Gasteiger partial charge on any atom is -0.373 e. The molecule has 0 saturated carbocycles. The number of rotatable bonds is 4. The molecule has 2 aromatic heterocycles. The molecule has 0 spiro atoms. The second kappa shape index (κ2) is 6.60. The Morgan fingerprint density at radius 3 is 3.05 bits per heavy atom. The lowest BCUT2D eigenvalue weighted by Crippen LogP contribution is -2.41. The SMILES string of the molecule is CNc1ccc(C(=O)N2CCCC(Cn3ccnc3)C2)cn1. The fourth-order valence-electron chi connectivity index (χ4n) is 2.94. The summed E-state index contributed by atoms with van der Waals surface area (Å²) in [4.78, 5) is 22.8. The Balaban J connectivity index is 1.64. The van der Waals surface area contributed by atoms with E-state index in [9.17, 15) is 4.79 Å². The monoisotopic (exact) mass is 299 g/mol. The number of pyridine rings is 1. The number of hydrogen-bond donors (Lipinski definition) is 1. The molecule has 3 heterocycles. The standard InChI is InChI=1S/C16H21N5O/c1-17-15-5-4-14(9-19-15)16(22)21-7-2-3-13(11-21)10-20-8-6-18-12-20/h4-6,8-9,12-13H,2-3,7,10-11H2,1H3,(H,17,19). The molecule has 0 bridgehead atoms. The summed E-state index contributed by atoms with van der Waals surface area (Å²) in [6, 6.07) is 3.67. The minimum atomic E-state index is 0.0745. The molecular weight excluding hydrogens is 278 g/mol. The molecule has 6 nitrogen and oxygen atoms in total. The molecule has 6 heteroatoms. The largest absolute Gasteiger partial charge is 0.373 e. The van der Waals surface area contributed by atoms with Crippen LogP contribution < -0.4 is 5.32 Å². The van der Waals surface area contributed by atoms with Crippen molar-refractivity contribution in [2.24, 2.45) is 5.92 Å². The first kappa shape index (κ1) is 14.6. The van der Waals surface area contributed by atoms with Crippen LogP contribution in [0.1, 0.15) is 23.2 Å². The average molecular weight is 299 g/mol. The van der Waals surface area contributed by atoms with Gasteiger partial charge in [0.2, 0.25) is 0 Å². The van der Waals surface area contributed by atoms with Crippen LogP contribution in [0.2, 0.25) is 0 Å². The highest BCUT2D eigenvalue weighted by Gasteiger charge is 2.24. The molecule has 1 fully saturated rings. The molecule has 0 aliphatic carbocycles. The normalized spacial score (nSPS) is 18.2. The molecule has 1 N–H and O–H groups in total. The van der Waals surface area contributed by atoms with Crippen molar-refractivity contribution in [2.75, 3.05) is 25.5 Å². The number of piperidine rings is 1. The van der Waals surface area contributed by atoms with E-state index in [0.29, 0.717) is 11.5 Å². The Morgan fingerprint density at radius 2 is 2.36 bits per heavy atom. The molecule has 1 aliphatic heterocycles. The van der Waals surface area contributed by atoms with Gasteiger partial charge < -0.3 is 14.8 Å². The van der Waals surface area contributed by atoms with Gasteiger partial charge in [-0.3, -0.25) is 4.79 Å². The zero-order valence-electron chi connectivity index (χ0n) is 12.8. The van der Waals surface area contributed by atoms with Gasteiger partial charge in [0.1, 0.15) is 5.82 Å². The van der Waals surface area contributed by atoms with Crippen LogP contribution in [-0.2, 0) is 6.54 Å². The van der Waals surface area contributed by atoms with Gasteiger partial charge in [-0.2, -0.15) is 0 Å². The Bertz CT molecular complexity index is 608. The molecule has 0 radical (unpaired) electrons. The Labute approximate surface area is 130 Å². The van der Waals surface area contributed by atoms with Gasteiger partial charge in [0.25, 0.3) is 5.91 Å². The van der Waals surface area contributed by atoms with E-state index in [4.69, 9.17) is 0 Å². The van der Waals surface area contributed by atoms with E-state index >= 15 is 0 Å². The lowest BCUT2D eigenvalue weighted by molar-refractivity contribution is 0.0662. The smallest absolute Gasteiger partial charge is 0.255 e. The van der Waals surface area contributed by atoms with Gasteiger partial charge in [-0.15, -0.1) is 0 Å². The number of hydrogen-bond acceptors (Lipinski definition) is 4. The fourth-order valence-corrected chi connectivity index (χ4v) is 2.94. The van der Waals surface area contributed by atoms with Crippen molar-refractivity contribution in [1.29, 1.82) is 0 Å². The number of amides is 1. The molecule has 1 saturated heterocycles. The number of anilines is 1.